The van der Waals surface area contributed by atoms with Crippen LogP contribution in [0.25, 0.3) is 0 Å². The molecule has 2 saturated carbocycles. The average molecular weight is 289 g/mol. The predicted molar refractivity (Wildman–Crippen MR) is 85.0 cm³/mol. The molecule has 2 aliphatic carbocycles. The lowest BCUT2D eigenvalue weighted by Gasteiger charge is -2.23. The number of fused-ring (bicyclic) bond motifs is 1. The Balaban J connectivity index is 1.92. The Morgan fingerprint density at radius 3 is 2.33 bits per heavy atom. The molecule has 0 amide bonds. The van der Waals surface area contributed by atoms with Crippen molar-refractivity contribution in [2.24, 2.45) is 17.8 Å². The third-order valence-electron chi connectivity index (χ3n) is 5.39. The number of hydrogen-bond acceptors (Lipinski definition) is 3. The summed E-state index contributed by atoms with van der Waals surface area (Å²) in [6.45, 7) is 5.38. The number of nitrogens with one attached hydrogen (secondary N) is 1. The second-order valence-electron chi connectivity index (χ2n) is 6.44. The highest BCUT2D eigenvalue weighted by Crippen LogP contribution is 2.62. The van der Waals surface area contributed by atoms with E-state index in [0.717, 1.165) is 35.8 Å². The number of hydrogen-bond donors (Lipinski definition) is 1. The van der Waals surface area contributed by atoms with Crippen LogP contribution in [0.15, 0.2) is 12.1 Å². The zero-order valence-corrected chi connectivity index (χ0v) is 13.6. The standard InChI is InChI=1S/C18H27NO2/c1-5-19-18(17-12-7-6-8-13(12)17)14-10-16(21-4)15(20-3)9-11(14)2/h9-10,12-13,17-19H,5-8H2,1-4H3. The van der Waals surface area contributed by atoms with Gasteiger partial charge in [-0.05, 0) is 67.3 Å². The molecule has 1 N–H and O–H groups in total. The van der Waals surface area contributed by atoms with E-state index in [2.05, 4.69) is 31.3 Å². The van der Waals surface area contributed by atoms with E-state index in [0.29, 0.717) is 6.04 Å². The van der Waals surface area contributed by atoms with Crippen LogP contribution in [0.5, 0.6) is 11.5 Å². The fraction of sp³-hybridized carbons (Fsp3) is 0.667. The summed E-state index contributed by atoms with van der Waals surface area (Å²) in [5.74, 6) is 4.37. The van der Waals surface area contributed by atoms with Gasteiger partial charge in [-0.25, -0.2) is 0 Å². The molecule has 3 unspecified atom stereocenters. The van der Waals surface area contributed by atoms with Crippen molar-refractivity contribution in [2.45, 2.75) is 39.2 Å². The van der Waals surface area contributed by atoms with Crippen LogP contribution in [0.3, 0.4) is 0 Å². The van der Waals surface area contributed by atoms with Crippen molar-refractivity contribution in [1.29, 1.82) is 0 Å². The Hall–Kier alpha value is -1.22. The highest BCUT2D eigenvalue weighted by molar-refractivity contribution is 5.48. The van der Waals surface area contributed by atoms with Gasteiger partial charge in [0.1, 0.15) is 0 Å². The van der Waals surface area contributed by atoms with Gasteiger partial charge in [0.25, 0.3) is 0 Å². The summed E-state index contributed by atoms with van der Waals surface area (Å²) in [5.41, 5.74) is 2.68. The minimum Gasteiger partial charge on any atom is -0.493 e. The summed E-state index contributed by atoms with van der Waals surface area (Å²) >= 11 is 0. The molecule has 2 aliphatic rings. The molecule has 0 heterocycles. The van der Waals surface area contributed by atoms with Crippen LogP contribution in [0, 0.1) is 24.7 Å². The molecular formula is C18H27NO2. The molecular weight excluding hydrogens is 262 g/mol. The van der Waals surface area contributed by atoms with Crippen molar-refractivity contribution in [3.8, 4) is 11.5 Å². The van der Waals surface area contributed by atoms with E-state index in [1.165, 1.54) is 30.4 Å². The molecule has 0 saturated heterocycles. The van der Waals surface area contributed by atoms with Gasteiger partial charge in [-0.1, -0.05) is 13.3 Å². The van der Waals surface area contributed by atoms with Gasteiger partial charge in [0.05, 0.1) is 14.2 Å². The molecule has 0 bridgehead atoms. The van der Waals surface area contributed by atoms with Gasteiger partial charge in [0.15, 0.2) is 11.5 Å². The Kier molecular flexibility index (Phi) is 4.12. The zero-order valence-electron chi connectivity index (χ0n) is 13.6. The van der Waals surface area contributed by atoms with Gasteiger partial charge < -0.3 is 14.8 Å². The maximum atomic E-state index is 5.50. The second kappa shape index (κ2) is 5.88. The maximum Gasteiger partial charge on any atom is 0.161 e. The molecule has 3 rings (SSSR count). The SMILES string of the molecule is CCNC(c1cc(OC)c(OC)cc1C)C1C2CCCC21. The molecule has 116 valence electrons. The van der Waals surface area contributed by atoms with Gasteiger partial charge >= 0.3 is 0 Å². The van der Waals surface area contributed by atoms with E-state index in [9.17, 15) is 0 Å². The van der Waals surface area contributed by atoms with Crippen molar-refractivity contribution < 1.29 is 9.47 Å². The van der Waals surface area contributed by atoms with E-state index in [-0.39, 0.29) is 0 Å². The van der Waals surface area contributed by atoms with Crippen LogP contribution in [-0.4, -0.2) is 20.8 Å². The molecule has 3 atom stereocenters. The topological polar surface area (TPSA) is 30.5 Å². The molecule has 1 aromatic rings. The lowest BCUT2D eigenvalue weighted by Crippen LogP contribution is -2.25. The van der Waals surface area contributed by atoms with Crippen molar-refractivity contribution in [3.63, 3.8) is 0 Å². The third-order valence-corrected chi connectivity index (χ3v) is 5.39. The fourth-order valence-corrected chi connectivity index (χ4v) is 4.38. The van der Waals surface area contributed by atoms with E-state index < -0.39 is 0 Å². The van der Waals surface area contributed by atoms with E-state index in [1.807, 2.05) is 0 Å². The molecule has 21 heavy (non-hydrogen) atoms. The summed E-state index contributed by atoms with van der Waals surface area (Å²) in [6.07, 6.45) is 4.27. The van der Waals surface area contributed by atoms with Crippen LogP contribution in [0.2, 0.25) is 0 Å². The lowest BCUT2D eigenvalue weighted by molar-refractivity contribution is 0.352. The highest BCUT2D eigenvalue weighted by atomic mass is 16.5. The smallest absolute Gasteiger partial charge is 0.161 e. The van der Waals surface area contributed by atoms with E-state index in [4.69, 9.17) is 9.47 Å². The van der Waals surface area contributed by atoms with Crippen LogP contribution in [-0.2, 0) is 0 Å². The molecule has 0 spiro atoms. The van der Waals surface area contributed by atoms with Gasteiger partial charge in [0, 0.05) is 6.04 Å². The van der Waals surface area contributed by atoms with Crippen LogP contribution >= 0.6 is 0 Å². The summed E-state index contributed by atoms with van der Waals surface area (Å²) in [6, 6.07) is 4.75. The number of benzene rings is 1. The summed E-state index contributed by atoms with van der Waals surface area (Å²) < 4.78 is 10.9. The quantitative estimate of drug-likeness (QED) is 0.866. The molecule has 3 heteroatoms. The van der Waals surface area contributed by atoms with Crippen molar-refractivity contribution in [3.05, 3.63) is 23.3 Å². The third kappa shape index (κ3) is 2.52. The zero-order chi connectivity index (χ0) is 15.0. The van der Waals surface area contributed by atoms with Crippen molar-refractivity contribution in [2.75, 3.05) is 20.8 Å². The fourth-order valence-electron chi connectivity index (χ4n) is 4.38. The predicted octanol–water partition coefficient (Wildman–Crippen LogP) is 3.71. The van der Waals surface area contributed by atoms with Crippen LogP contribution in [0.1, 0.15) is 43.4 Å². The normalized spacial score (nSPS) is 28.1. The van der Waals surface area contributed by atoms with Gasteiger partial charge in [0.2, 0.25) is 0 Å². The monoisotopic (exact) mass is 289 g/mol. The number of ether oxygens (including phenoxy) is 2. The Morgan fingerprint density at radius 2 is 1.76 bits per heavy atom. The lowest BCUT2D eigenvalue weighted by atomic mass is 9.93. The molecule has 0 aromatic heterocycles. The van der Waals surface area contributed by atoms with Gasteiger partial charge in [-0.15, -0.1) is 0 Å². The Labute approximate surface area is 128 Å². The Morgan fingerprint density at radius 1 is 1.14 bits per heavy atom. The first-order valence-corrected chi connectivity index (χ1v) is 8.17. The van der Waals surface area contributed by atoms with Gasteiger partial charge in [-0.2, -0.15) is 0 Å². The number of methoxy groups -OCH3 is 2. The Bertz CT molecular complexity index is 504. The molecule has 1 aromatic carbocycles. The first-order chi connectivity index (χ1) is 10.2. The maximum absolute atomic E-state index is 5.50. The average Bonchev–Trinajstić information content (AvgIpc) is 2.95. The van der Waals surface area contributed by atoms with Crippen molar-refractivity contribution in [1.82, 2.24) is 5.32 Å². The minimum atomic E-state index is 0.463. The molecule has 0 radical (unpaired) electrons. The number of aryl methyl sites for hydroxylation is 1. The minimum absolute atomic E-state index is 0.463. The molecule has 0 aliphatic heterocycles. The van der Waals surface area contributed by atoms with E-state index >= 15 is 0 Å². The highest BCUT2D eigenvalue weighted by Gasteiger charge is 2.56. The first kappa shape index (κ1) is 14.7. The first-order valence-electron chi connectivity index (χ1n) is 8.17. The summed E-state index contributed by atoms with van der Waals surface area (Å²) in [7, 11) is 3.41. The second-order valence-corrected chi connectivity index (χ2v) is 6.44. The van der Waals surface area contributed by atoms with Crippen molar-refractivity contribution >= 4 is 0 Å². The summed E-state index contributed by atoms with van der Waals surface area (Å²) in [5, 5.41) is 3.72. The largest absolute Gasteiger partial charge is 0.493 e. The van der Waals surface area contributed by atoms with Gasteiger partial charge in [-0.3, -0.25) is 0 Å². The van der Waals surface area contributed by atoms with E-state index in [1.54, 1.807) is 14.2 Å². The van der Waals surface area contributed by atoms with Crippen LogP contribution < -0.4 is 14.8 Å². The van der Waals surface area contributed by atoms with Crippen LogP contribution in [0.4, 0.5) is 0 Å². The number of rotatable bonds is 6. The summed E-state index contributed by atoms with van der Waals surface area (Å²) in [4.78, 5) is 0. The molecule has 2 fully saturated rings. The molecule has 3 nitrogen and oxygen atoms in total.